The van der Waals surface area contributed by atoms with E-state index in [0.717, 1.165) is 12.1 Å². The van der Waals surface area contributed by atoms with Crippen molar-refractivity contribution in [2.45, 2.75) is 31.3 Å². The lowest BCUT2D eigenvalue weighted by Crippen LogP contribution is -2.43. The minimum Gasteiger partial charge on any atom is -0.480 e. The highest BCUT2D eigenvalue weighted by atomic mass is 35.5. The van der Waals surface area contributed by atoms with Crippen molar-refractivity contribution in [2.75, 3.05) is 18.4 Å². The Balaban J connectivity index is 2.90. The number of carboxylic acid groups (broad SMARTS) is 1. The lowest BCUT2D eigenvalue weighted by Gasteiger charge is -2.26. The molecule has 10 nitrogen and oxygen atoms in total. The lowest BCUT2D eigenvalue weighted by atomic mass is 10.2. The summed E-state index contributed by atoms with van der Waals surface area (Å²) in [5, 5.41) is 16.2. The van der Waals surface area contributed by atoms with Gasteiger partial charge in [-0.2, -0.15) is 0 Å². The van der Waals surface area contributed by atoms with Crippen LogP contribution in [-0.2, 0) is 24.3 Å². The van der Waals surface area contributed by atoms with E-state index in [2.05, 4.69) is 5.32 Å². The van der Waals surface area contributed by atoms with Gasteiger partial charge in [-0.15, -0.1) is 0 Å². The number of halogens is 1. The number of carbonyl (C=O) groups excluding carboxylic acids is 2. The molecule has 0 saturated carbocycles. The standard InChI is InChI=1S/C15H20ClN3O7S/c1-15(2,3)26-14(23)19(8-13(21)22)7-12(20)18-11-5-4-9(6-10(11)16)27(17,24)25/h4-6H,7-8H2,1-3H3,(H,18,20)(H,21,22)(H2,17,24,25). The van der Waals surface area contributed by atoms with Gasteiger partial charge >= 0.3 is 12.1 Å². The highest BCUT2D eigenvalue weighted by molar-refractivity contribution is 7.89. The summed E-state index contributed by atoms with van der Waals surface area (Å²) < 4.78 is 27.6. The highest BCUT2D eigenvalue weighted by Gasteiger charge is 2.26. The predicted molar refractivity (Wildman–Crippen MR) is 96.9 cm³/mol. The van der Waals surface area contributed by atoms with Gasteiger partial charge in [-0.25, -0.2) is 18.4 Å². The number of hydrogen-bond donors (Lipinski definition) is 3. The molecule has 12 heteroatoms. The molecule has 1 aromatic carbocycles. The molecule has 0 aliphatic rings. The molecule has 1 aromatic rings. The Morgan fingerprint density at radius 3 is 2.30 bits per heavy atom. The van der Waals surface area contributed by atoms with Crippen LogP contribution < -0.4 is 10.5 Å². The summed E-state index contributed by atoms with van der Waals surface area (Å²) in [5.41, 5.74) is -0.814. The maximum Gasteiger partial charge on any atom is 0.411 e. The van der Waals surface area contributed by atoms with Crippen LogP contribution in [0.5, 0.6) is 0 Å². The van der Waals surface area contributed by atoms with Crippen molar-refractivity contribution >= 4 is 45.3 Å². The Hall–Kier alpha value is -2.37. The molecule has 0 bridgehead atoms. The summed E-state index contributed by atoms with van der Waals surface area (Å²) in [6.07, 6.45) is -0.976. The summed E-state index contributed by atoms with van der Waals surface area (Å²) in [5.74, 6) is -2.09. The van der Waals surface area contributed by atoms with Crippen LogP contribution in [0.3, 0.4) is 0 Å². The molecule has 0 aromatic heterocycles. The molecule has 0 heterocycles. The van der Waals surface area contributed by atoms with E-state index in [1.807, 2.05) is 0 Å². The van der Waals surface area contributed by atoms with Gasteiger partial charge in [0, 0.05) is 0 Å². The maximum atomic E-state index is 12.2. The zero-order valence-corrected chi connectivity index (χ0v) is 16.4. The number of nitrogens with zero attached hydrogens (tertiary/aromatic N) is 1. The van der Waals surface area contributed by atoms with Gasteiger partial charge in [0.15, 0.2) is 0 Å². The van der Waals surface area contributed by atoms with Crippen molar-refractivity contribution in [3.8, 4) is 0 Å². The topological polar surface area (TPSA) is 156 Å². The van der Waals surface area contributed by atoms with Crippen molar-refractivity contribution in [1.82, 2.24) is 4.90 Å². The molecule has 0 saturated heterocycles. The lowest BCUT2D eigenvalue weighted by molar-refractivity contribution is -0.138. The van der Waals surface area contributed by atoms with E-state index >= 15 is 0 Å². The normalized spacial score (nSPS) is 11.6. The highest BCUT2D eigenvalue weighted by Crippen LogP contribution is 2.24. The van der Waals surface area contributed by atoms with E-state index in [0.29, 0.717) is 4.90 Å². The molecule has 0 spiro atoms. The van der Waals surface area contributed by atoms with Crippen LogP contribution >= 0.6 is 11.6 Å². The molecular formula is C15H20ClN3O7S. The number of amides is 2. The van der Waals surface area contributed by atoms with E-state index in [-0.39, 0.29) is 15.6 Å². The quantitative estimate of drug-likeness (QED) is 0.623. The van der Waals surface area contributed by atoms with Crippen LogP contribution in [0.4, 0.5) is 10.5 Å². The third-order valence-corrected chi connectivity index (χ3v) is 4.08. The SMILES string of the molecule is CC(C)(C)OC(=O)N(CC(=O)O)CC(=O)Nc1ccc(S(N)(=O)=O)cc1Cl. The summed E-state index contributed by atoms with van der Waals surface area (Å²) in [7, 11) is -3.96. The fourth-order valence-electron chi connectivity index (χ4n) is 1.81. The predicted octanol–water partition coefficient (Wildman–Crippen LogP) is 1.25. The Bertz CT molecular complexity index is 849. The van der Waals surface area contributed by atoms with Crippen molar-refractivity contribution in [2.24, 2.45) is 5.14 Å². The first-order valence-corrected chi connectivity index (χ1v) is 9.43. The van der Waals surface area contributed by atoms with Gasteiger partial charge in [-0.1, -0.05) is 11.6 Å². The third-order valence-electron chi connectivity index (χ3n) is 2.86. The molecule has 0 fully saturated rings. The largest absolute Gasteiger partial charge is 0.480 e. The fraction of sp³-hybridized carbons (Fsp3) is 0.400. The summed E-state index contributed by atoms with van der Waals surface area (Å²) in [6, 6.07) is 3.41. The van der Waals surface area contributed by atoms with Crippen LogP contribution in [0.15, 0.2) is 23.1 Å². The summed E-state index contributed by atoms with van der Waals surface area (Å²) in [6.45, 7) is 3.42. The third kappa shape index (κ3) is 7.81. The second kappa shape index (κ2) is 8.55. The minimum atomic E-state index is -3.96. The number of rotatable bonds is 6. The smallest absolute Gasteiger partial charge is 0.411 e. The molecule has 4 N–H and O–H groups in total. The van der Waals surface area contributed by atoms with E-state index < -0.39 is 46.7 Å². The zero-order valence-electron chi connectivity index (χ0n) is 14.9. The number of anilines is 1. The number of sulfonamides is 1. The van der Waals surface area contributed by atoms with Gasteiger partial charge in [-0.05, 0) is 39.0 Å². The number of nitrogens with one attached hydrogen (secondary N) is 1. The average Bonchev–Trinajstić information content (AvgIpc) is 2.45. The van der Waals surface area contributed by atoms with Gasteiger partial charge in [0.05, 0.1) is 15.6 Å². The summed E-state index contributed by atoms with van der Waals surface area (Å²) in [4.78, 5) is 35.6. The number of primary sulfonamides is 1. The maximum absolute atomic E-state index is 12.2. The van der Waals surface area contributed by atoms with E-state index in [4.69, 9.17) is 26.6 Å². The van der Waals surface area contributed by atoms with E-state index in [1.54, 1.807) is 20.8 Å². The molecular weight excluding hydrogens is 402 g/mol. The van der Waals surface area contributed by atoms with Crippen molar-refractivity contribution in [3.63, 3.8) is 0 Å². The Morgan fingerprint density at radius 2 is 1.85 bits per heavy atom. The average molecular weight is 422 g/mol. The van der Waals surface area contributed by atoms with Crippen LogP contribution in [0, 0.1) is 0 Å². The molecule has 27 heavy (non-hydrogen) atoms. The molecule has 0 radical (unpaired) electrons. The fourth-order valence-corrected chi connectivity index (χ4v) is 2.64. The number of aliphatic carboxylic acids is 1. The van der Waals surface area contributed by atoms with Crippen molar-refractivity contribution < 1.29 is 32.6 Å². The molecule has 0 unspecified atom stereocenters. The van der Waals surface area contributed by atoms with E-state index in [9.17, 15) is 22.8 Å². The molecule has 1 rings (SSSR count). The van der Waals surface area contributed by atoms with Crippen LogP contribution in [-0.4, -0.2) is 55.1 Å². The first kappa shape index (κ1) is 22.7. The molecule has 2 amide bonds. The monoisotopic (exact) mass is 421 g/mol. The van der Waals surface area contributed by atoms with Crippen LogP contribution in [0.1, 0.15) is 20.8 Å². The number of ether oxygens (including phenoxy) is 1. The van der Waals surface area contributed by atoms with Gasteiger partial charge in [0.1, 0.15) is 18.7 Å². The summed E-state index contributed by atoms with van der Waals surface area (Å²) >= 11 is 5.92. The first-order valence-electron chi connectivity index (χ1n) is 7.51. The van der Waals surface area contributed by atoms with Gasteiger partial charge in [-0.3, -0.25) is 14.5 Å². The van der Waals surface area contributed by atoms with Gasteiger partial charge in [0.2, 0.25) is 15.9 Å². The number of benzene rings is 1. The Kier molecular flexibility index (Phi) is 7.18. The van der Waals surface area contributed by atoms with Crippen molar-refractivity contribution in [3.05, 3.63) is 23.2 Å². The second-order valence-corrected chi connectivity index (χ2v) is 8.43. The number of carboxylic acids is 1. The number of nitrogens with two attached hydrogens (primary N) is 1. The Labute approximate surface area is 161 Å². The molecule has 0 aliphatic heterocycles. The van der Waals surface area contributed by atoms with Crippen LogP contribution in [0.2, 0.25) is 5.02 Å². The zero-order chi connectivity index (χ0) is 21.0. The van der Waals surface area contributed by atoms with Gasteiger partial charge < -0.3 is 15.2 Å². The number of carbonyl (C=O) groups is 3. The number of hydrogen-bond acceptors (Lipinski definition) is 6. The van der Waals surface area contributed by atoms with Crippen molar-refractivity contribution in [1.29, 1.82) is 0 Å². The van der Waals surface area contributed by atoms with Gasteiger partial charge in [0.25, 0.3) is 0 Å². The molecule has 0 aliphatic carbocycles. The molecule has 0 atom stereocenters. The van der Waals surface area contributed by atoms with E-state index in [1.165, 1.54) is 6.07 Å². The Morgan fingerprint density at radius 1 is 1.26 bits per heavy atom. The van der Waals surface area contributed by atoms with Crippen LogP contribution in [0.25, 0.3) is 0 Å². The molecule has 150 valence electrons. The first-order chi connectivity index (χ1) is 12.2. The minimum absolute atomic E-state index is 0.0635. The second-order valence-electron chi connectivity index (χ2n) is 6.46.